The van der Waals surface area contributed by atoms with Gasteiger partial charge < -0.3 is 35.5 Å². The number of aliphatic hydroxyl groups is 1. The predicted octanol–water partition coefficient (Wildman–Crippen LogP) is 3.53. The Kier molecular flexibility index (Phi) is 8.58. The fourth-order valence-electron chi connectivity index (χ4n) is 4.47. The van der Waals surface area contributed by atoms with Gasteiger partial charge in [-0.1, -0.05) is 37.6 Å². The lowest BCUT2D eigenvalue weighted by Crippen LogP contribution is -2.45. The number of aromatic nitrogens is 3. The summed E-state index contributed by atoms with van der Waals surface area (Å²) in [6, 6.07) is 15.1. The van der Waals surface area contributed by atoms with Crippen LogP contribution in [0, 0.1) is 0 Å². The number of hydrogen-bond acceptors (Lipinski definition) is 8. The number of fused-ring (bicyclic) bond motifs is 3. The first-order valence-electron chi connectivity index (χ1n) is 12.4. The minimum Gasteiger partial charge on any atom is -0.496 e. The Labute approximate surface area is 211 Å². The molecule has 0 bridgehead atoms. The number of aliphatic hydroxyl groups excluding tert-OH is 1. The van der Waals surface area contributed by atoms with Crippen molar-refractivity contribution in [3.05, 3.63) is 53.6 Å². The number of anilines is 2. The number of nitrogen functional groups attached to an aromatic ring is 1. The lowest BCUT2D eigenvalue weighted by molar-refractivity contribution is -0.00578. The molecule has 9 heteroatoms. The van der Waals surface area contributed by atoms with E-state index in [1.807, 2.05) is 12.1 Å². The average Bonchev–Trinajstić information content (AvgIpc) is 3.18. The quantitative estimate of drug-likeness (QED) is 0.248. The van der Waals surface area contributed by atoms with Gasteiger partial charge in [-0.25, -0.2) is 4.98 Å². The summed E-state index contributed by atoms with van der Waals surface area (Å²) in [5.41, 5.74) is 11.3. The van der Waals surface area contributed by atoms with Crippen LogP contribution < -0.4 is 21.1 Å². The third-order valence-corrected chi connectivity index (χ3v) is 6.35. The van der Waals surface area contributed by atoms with Gasteiger partial charge in [0.1, 0.15) is 16.8 Å². The van der Waals surface area contributed by atoms with E-state index in [9.17, 15) is 0 Å². The van der Waals surface area contributed by atoms with Gasteiger partial charge in [-0.2, -0.15) is 4.98 Å². The third kappa shape index (κ3) is 5.38. The monoisotopic (exact) mass is 492 g/mol. The fourth-order valence-corrected chi connectivity index (χ4v) is 4.47. The Morgan fingerprint density at radius 2 is 1.97 bits per heavy atom. The number of para-hydroxylation sites is 1. The van der Waals surface area contributed by atoms with Crippen LogP contribution >= 0.6 is 0 Å². The SMILES string of the molecule is CCCCNc1nc(N)nc2c3ccccc3n(Cc3cc(CNC4COC4)ccc3OC)c12.CO. The maximum Gasteiger partial charge on any atom is 0.222 e. The van der Waals surface area contributed by atoms with E-state index in [4.69, 9.17) is 20.3 Å². The van der Waals surface area contributed by atoms with Gasteiger partial charge in [0.25, 0.3) is 0 Å². The van der Waals surface area contributed by atoms with Crippen LogP contribution in [-0.4, -0.2) is 59.7 Å². The second-order valence-corrected chi connectivity index (χ2v) is 8.77. The van der Waals surface area contributed by atoms with Crippen LogP contribution in [0.3, 0.4) is 0 Å². The van der Waals surface area contributed by atoms with Crippen molar-refractivity contribution >= 4 is 33.7 Å². The standard InChI is InChI=1S/C26H32N6O2.CH4O/c1-3-4-11-28-25-24-23(30-26(27)31-25)20-7-5-6-8-21(20)32(24)14-18-12-17(9-10-22(18)33-2)13-29-19-15-34-16-19;1-2/h5-10,12,19,29H,3-4,11,13-16H2,1-2H3,(H3,27,28,30,31);2H,1H3. The molecular formula is C27H36N6O3. The van der Waals surface area contributed by atoms with Crippen LogP contribution in [0.1, 0.15) is 30.9 Å². The highest BCUT2D eigenvalue weighted by Crippen LogP contribution is 2.34. The Balaban J connectivity index is 0.00000148. The minimum atomic E-state index is 0.278. The van der Waals surface area contributed by atoms with Crippen LogP contribution in [0.15, 0.2) is 42.5 Å². The molecule has 2 aromatic carbocycles. The number of nitrogens with one attached hydrogen (secondary N) is 2. The Bertz CT molecular complexity index is 1300. The number of unbranched alkanes of at least 4 members (excludes halogenated alkanes) is 1. The maximum atomic E-state index is 7.00. The molecule has 4 aromatic rings. The zero-order valence-electron chi connectivity index (χ0n) is 21.3. The van der Waals surface area contributed by atoms with Crippen LogP contribution in [0.4, 0.5) is 11.8 Å². The van der Waals surface area contributed by atoms with Crippen LogP contribution in [0.5, 0.6) is 5.75 Å². The Morgan fingerprint density at radius 1 is 1.17 bits per heavy atom. The summed E-state index contributed by atoms with van der Waals surface area (Å²) in [6.45, 7) is 5.99. The van der Waals surface area contributed by atoms with Crippen molar-refractivity contribution in [3.8, 4) is 5.75 Å². The van der Waals surface area contributed by atoms with Gasteiger partial charge in [0.05, 0.1) is 38.4 Å². The van der Waals surface area contributed by atoms with E-state index in [2.05, 4.69) is 62.4 Å². The van der Waals surface area contributed by atoms with Gasteiger partial charge >= 0.3 is 0 Å². The molecule has 5 N–H and O–H groups in total. The molecule has 0 unspecified atom stereocenters. The normalized spacial score (nSPS) is 13.3. The van der Waals surface area contributed by atoms with Crippen molar-refractivity contribution in [3.63, 3.8) is 0 Å². The van der Waals surface area contributed by atoms with E-state index in [1.165, 1.54) is 5.56 Å². The highest BCUT2D eigenvalue weighted by Gasteiger charge is 2.20. The summed E-state index contributed by atoms with van der Waals surface area (Å²) < 4.78 is 13.3. The molecule has 0 saturated carbocycles. The lowest BCUT2D eigenvalue weighted by atomic mass is 10.1. The van der Waals surface area contributed by atoms with E-state index in [0.29, 0.717) is 12.6 Å². The molecule has 0 amide bonds. The van der Waals surface area contributed by atoms with Crippen molar-refractivity contribution in [2.75, 3.05) is 45.0 Å². The van der Waals surface area contributed by atoms with Crippen molar-refractivity contribution in [1.29, 1.82) is 0 Å². The molecule has 36 heavy (non-hydrogen) atoms. The Morgan fingerprint density at radius 3 is 2.69 bits per heavy atom. The van der Waals surface area contributed by atoms with Crippen molar-refractivity contribution < 1.29 is 14.6 Å². The molecule has 1 fully saturated rings. The largest absolute Gasteiger partial charge is 0.496 e. The first-order chi connectivity index (χ1) is 17.7. The van der Waals surface area contributed by atoms with E-state index >= 15 is 0 Å². The molecule has 1 aliphatic rings. The smallest absolute Gasteiger partial charge is 0.222 e. The summed E-state index contributed by atoms with van der Waals surface area (Å²) >= 11 is 0. The maximum absolute atomic E-state index is 7.00. The molecule has 0 spiro atoms. The summed E-state index contributed by atoms with van der Waals surface area (Å²) in [6.07, 6.45) is 2.16. The molecule has 5 rings (SSSR count). The first-order valence-corrected chi connectivity index (χ1v) is 12.4. The second kappa shape index (κ2) is 12.0. The van der Waals surface area contributed by atoms with Crippen molar-refractivity contribution in [2.45, 2.75) is 38.9 Å². The molecular weight excluding hydrogens is 456 g/mol. The lowest BCUT2D eigenvalue weighted by Gasteiger charge is -2.27. The molecule has 3 heterocycles. The molecule has 9 nitrogen and oxygen atoms in total. The summed E-state index contributed by atoms with van der Waals surface area (Å²) in [5.74, 6) is 1.91. The minimum absolute atomic E-state index is 0.278. The number of nitrogens with two attached hydrogens (primary N) is 1. The number of hydrogen-bond donors (Lipinski definition) is 4. The van der Waals surface area contributed by atoms with E-state index in [0.717, 1.165) is 85.3 Å². The third-order valence-electron chi connectivity index (χ3n) is 6.35. The molecule has 1 saturated heterocycles. The zero-order chi connectivity index (χ0) is 25.5. The number of nitrogens with zero attached hydrogens (tertiary/aromatic N) is 3. The van der Waals surface area contributed by atoms with Crippen LogP contribution in [0.25, 0.3) is 21.9 Å². The van der Waals surface area contributed by atoms with Gasteiger partial charge in [0.15, 0.2) is 5.82 Å². The number of ether oxygens (including phenoxy) is 2. The highest BCUT2D eigenvalue weighted by atomic mass is 16.5. The van der Waals surface area contributed by atoms with Gasteiger partial charge in [-0.15, -0.1) is 0 Å². The van der Waals surface area contributed by atoms with Crippen LogP contribution in [-0.2, 0) is 17.8 Å². The zero-order valence-corrected chi connectivity index (χ0v) is 21.3. The summed E-state index contributed by atoms with van der Waals surface area (Å²) in [7, 11) is 2.72. The van der Waals surface area contributed by atoms with E-state index < -0.39 is 0 Å². The van der Waals surface area contributed by atoms with Crippen molar-refractivity contribution in [1.82, 2.24) is 19.9 Å². The number of benzene rings is 2. The number of rotatable bonds is 10. The second-order valence-electron chi connectivity index (χ2n) is 8.77. The first kappa shape index (κ1) is 25.7. The molecule has 192 valence electrons. The topological polar surface area (TPSA) is 119 Å². The average molecular weight is 493 g/mol. The van der Waals surface area contributed by atoms with Gasteiger partial charge in [-0.3, -0.25) is 0 Å². The summed E-state index contributed by atoms with van der Waals surface area (Å²) in [4.78, 5) is 9.21. The van der Waals surface area contributed by atoms with Gasteiger partial charge in [-0.05, 0) is 30.2 Å². The van der Waals surface area contributed by atoms with E-state index in [-0.39, 0.29) is 5.95 Å². The summed E-state index contributed by atoms with van der Waals surface area (Å²) in [5, 5.41) is 15.1. The molecule has 0 aliphatic carbocycles. The molecule has 0 atom stereocenters. The van der Waals surface area contributed by atoms with Gasteiger partial charge in [0.2, 0.25) is 5.95 Å². The van der Waals surface area contributed by atoms with Gasteiger partial charge in [0, 0.05) is 31.1 Å². The fraction of sp³-hybridized carbons (Fsp3) is 0.407. The molecule has 1 aliphatic heterocycles. The predicted molar refractivity (Wildman–Crippen MR) is 145 cm³/mol. The van der Waals surface area contributed by atoms with E-state index in [1.54, 1.807) is 7.11 Å². The highest BCUT2D eigenvalue weighted by molar-refractivity contribution is 6.09. The number of methoxy groups -OCH3 is 1. The molecule has 0 radical (unpaired) electrons. The Hall–Kier alpha value is -3.40. The van der Waals surface area contributed by atoms with Crippen molar-refractivity contribution in [2.24, 2.45) is 0 Å². The van der Waals surface area contributed by atoms with Crippen LogP contribution in [0.2, 0.25) is 0 Å². The molecule has 2 aromatic heterocycles.